The Hall–Kier alpha value is -2.05. The van der Waals surface area contributed by atoms with Crippen LogP contribution < -0.4 is 21.0 Å². The van der Waals surface area contributed by atoms with E-state index >= 15 is 0 Å². The molecule has 92 valence electrons. The highest BCUT2D eigenvalue weighted by Gasteiger charge is 2.32. The number of aromatic nitrogens is 2. The smallest absolute Gasteiger partial charge is 0.332 e. The number of carbonyl (C=O) groups excluding carboxylic acids is 1. The Morgan fingerprint density at radius 2 is 1.71 bits per heavy atom. The highest BCUT2D eigenvalue weighted by molar-refractivity contribution is 5.96. The Balaban J connectivity index is 2.88. The van der Waals surface area contributed by atoms with Gasteiger partial charge in [-0.1, -0.05) is 0 Å². The molecule has 1 aliphatic rings. The summed E-state index contributed by atoms with van der Waals surface area (Å²) in [7, 11) is 4.69. The van der Waals surface area contributed by atoms with Crippen molar-refractivity contribution < 1.29 is 4.79 Å². The van der Waals surface area contributed by atoms with Gasteiger partial charge in [-0.25, -0.2) is 4.79 Å². The van der Waals surface area contributed by atoms with Crippen molar-refractivity contribution in [3.05, 3.63) is 20.8 Å². The molecule has 0 atom stereocenters. The average Bonchev–Trinajstić information content (AvgIpc) is 2.61. The van der Waals surface area contributed by atoms with E-state index < -0.39 is 5.69 Å². The van der Waals surface area contributed by atoms with E-state index in [1.807, 2.05) is 0 Å². The Morgan fingerprint density at radius 3 is 2.24 bits per heavy atom. The van der Waals surface area contributed by atoms with Gasteiger partial charge in [0.1, 0.15) is 5.69 Å². The lowest BCUT2D eigenvalue weighted by Crippen LogP contribution is -2.39. The minimum absolute atomic E-state index is 0.196. The highest BCUT2D eigenvalue weighted by atomic mass is 16.2. The van der Waals surface area contributed by atoms with Crippen molar-refractivity contribution in [2.45, 2.75) is 6.92 Å². The quantitative estimate of drug-likeness (QED) is 0.572. The fourth-order valence-corrected chi connectivity index (χ4v) is 2.06. The number of fused-ring (bicyclic) bond motifs is 1. The zero-order valence-electron chi connectivity index (χ0n) is 10.2. The van der Waals surface area contributed by atoms with Crippen molar-refractivity contribution >= 4 is 17.4 Å². The molecule has 0 radical (unpaired) electrons. The van der Waals surface area contributed by atoms with Crippen molar-refractivity contribution in [2.75, 3.05) is 23.5 Å². The number of hydrogen-bond donors (Lipinski definition) is 0. The van der Waals surface area contributed by atoms with Crippen LogP contribution in [0.4, 0.5) is 11.5 Å². The minimum Gasteiger partial charge on any atom is -0.349 e. The summed E-state index contributed by atoms with van der Waals surface area (Å²) < 4.78 is 2.36. The molecule has 0 saturated heterocycles. The van der Waals surface area contributed by atoms with Crippen molar-refractivity contribution in [1.29, 1.82) is 0 Å². The molecule has 7 heteroatoms. The summed E-state index contributed by atoms with van der Waals surface area (Å²) in [5, 5.41) is 0. The van der Waals surface area contributed by atoms with Gasteiger partial charge < -0.3 is 4.90 Å². The Bertz CT molecular complexity index is 613. The second-order valence-electron chi connectivity index (χ2n) is 4.16. The zero-order valence-corrected chi connectivity index (χ0v) is 10.2. The monoisotopic (exact) mass is 238 g/mol. The number of hydrogen-bond acceptors (Lipinski definition) is 4. The molecule has 1 aromatic heterocycles. The van der Waals surface area contributed by atoms with Gasteiger partial charge in [0, 0.05) is 28.1 Å². The van der Waals surface area contributed by atoms with Gasteiger partial charge in [-0.3, -0.25) is 23.6 Å². The maximum Gasteiger partial charge on any atom is 0.332 e. The van der Waals surface area contributed by atoms with E-state index in [0.29, 0.717) is 11.5 Å². The van der Waals surface area contributed by atoms with Crippen LogP contribution in [0.1, 0.15) is 6.92 Å². The van der Waals surface area contributed by atoms with Gasteiger partial charge in [0.15, 0.2) is 5.82 Å². The number of amides is 1. The van der Waals surface area contributed by atoms with Crippen LogP contribution in [0.25, 0.3) is 0 Å². The van der Waals surface area contributed by atoms with Gasteiger partial charge in [0.25, 0.3) is 5.56 Å². The third-order valence-corrected chi connectivity index (χ3v) is 2.98. The summed E-state index contributed by atoms with van der Waals surface area (Å²) in [6.45, 7) is 1.70. The van der Waals surface area contributed by atoms with Crippen molar-refractivity contribution in [2.24, 2.45) is 14.1 Å². The predicted octanol–water partition coefficient (Wildman–Crippen LogP) is -1.16. The lowest BCUT2D eigenvalue weighted by Gasteiger charge is -2.16. The second kappa shape index (κ2) is 3.47. The lowest BCUT2D eigenvalue weighted by atomic mass is 10.4. The normalized spacial score (nSPS) is 14.1. The molecule has 1 aliphatic heterocycles. The van der Waals surface area contributed by atoms with Gasteiger partial charge in [-0.05, 0) is 0 Å². The minimum atomic E-state index is -0.435. The van der Waals surface area contributed by atoms with Crippen LogP contribution in [0.3, 0.4) is 0 Å². The van der Waals surface area contributed by atoms with Crippen LogP contribution in [-0.2, 0) is 18.9 Å². The molecule has 17 heavy (non-hydrogen) atoms. The summed E-state index contributed by atoms with van der Waals surface area (Å²) in [6, 6.07) is 0. The van der Waals surface area contributed by atoms with Gasteiger partial charge in [0.2, 0.25) is 5.91 Å². The van der Waals surface area contributed by atoms with E-state index in [2.05, 4.69) is 0 Å². The van der Waals surface area contributed by atoms with Crippen LogP contribution in [0.2, 0.25) is 0 Å². The van der Waals surface area contributed by atoms with E-state index in [-0.39, 0.29) is 18.1 Å². The molecule has 0 spiro atoms. The largest absolute Gasteiger partial charge is 0.349 e. The van der Waals surface area contributed by atoms with E-state index in [0.717, 1.165) is 4.57 Å². The molecule has 0 fully saturated rings. The molecule has 7 nitrogen and oxygen atoms in total. The zero-order chi connectivity index (χ0) is 12.9. The molecule has 0 unspecified atom stereocenters. The van der Waals surface area contributed by atoms with E-state index in [1.165, 1.54) is 23.4 Å². The maximum absolute atomic E-state index is 12.0. The Morgan fingerprint density at radius 1 is 1.12 bits per heavy atom. The number of nitrogens with zero attached hydrogens (tertiary/aromatic N) is 4. The molecular formula is C10H14N4O3. The number of anilines is 2. The molecule has 2 heterocycles. The van der Waals surface area contributed by atoms with E-state index in [4.69, 9.17) is 0 Å². The summed E-state index contributed by atoms with van der Waals surface area (Å²) in [4.78, 5) is 38.3. The molecule has 0 N–H and O–H groups in total. The third-order valence-electron chi connectivity index (χ3n) is 2.98. The first-order chi connectivity index (χ1) is 7.86. The molecule has 1 aromatic rings. The Kier molecular flexibility index (Phi) is 2.34. The standard InChI is InChI=1S/C10H14N4O3/c1-6(15)14-5-11(2)7-8(14)12(3)10(17)13(4)9(7)16/h5H2,1-4H3. The molecule has 0 aromatic carbocycles. The molecule has 0 bridgehead atoms. The van der Waals surface area contributed by atoms with E-state index in [1.54, 1.807) is 19.0 Å². The third kappa shape index (κ3) is 1.38. The first-order valence-corrected chi connectivity index (χ1v) is 5.15. The molecular weight excluding hydrogens is 224 g/mol. The molecule has 1 amide bonds. The summed E-state index contributed by atoms with van der Waals surface area (Å²) in [5.74, 6) is 0.173. The first-order valence-electron chi connectivity index (χ1n) is 5.15. The summed E-state index contributed by atoms with van der Waals surface area (Å²) >= 11 is 0. The van der Waals surface area contributed by atoms with Crippen molar-refractivity contribution in [3.8, 4) is 0 Å². The topological polar surface area (TPSA) is 67.6 Å². The SMILES string of the molecule is CC(=O)N1CN(C)c2c1n(C)c(=O)n(C)c2=O. The van der Waals surface area contributed by atoms with Crippen LogP contribution in [0.15, 0.2) is 9.59 Å². The molecule has 0 aliphatic carbocycles. The van der Waals surface area contributed by atoms with Crippen molar-refractivity contribution in [3.63, 3.8) is 0 Å². The summed E-state index contributed by atoms with van der Waals surface area (Å²) in [5.41, 5.74) is -0.436. The predicted molar refractivity (Wildman–Crippen MR) is 63.4 cm³/mol. The highest BCUT2D eigenvalue weighted by Crippen LogP contribution is 2.29. The average molecular weight is 238 g/mol. The van der Waals surface area contributed by atoms with Crippen LogP contribution in [0.5, 0.6) is 0 Å². The van der Waals surface area contributed by atoms with Gasteiger partial charge in [-0.2, -0.15) is 0 Å². The molecule has 2 rings (SSSR count). The van der Waals surface area contributed by atoms with Gasteiger partial charge in [0.05, 0.1) is 6.67 Å². The number of rotatable bonds is 0. The first kappa shape index (κ1) is 11.4. The maximum atomic E-state index is 12.0. The van der Waals surface area contributed by atoms with Crippen LogP contribution in [-0.4, -0.2) is 28.8 Å². The fourth-order valence-electron chi connectivity index (χ4n) is 2.06. The van der Waals surface area contributed by atoms with Gasteiger partial charge >= 0.3 is 5.69 Å². The van der Waals surface area contributed by atoms with Gasteiger partial charge in [-0.15, -0.1) is 0 Å². The second-order valence-corrected chi connectivity index (χ2v) is 4.16. The Labute approximate surface area is 97.5 Å². The number of carbonyl (C=O) groups is 1. The van der Waals surface area contributed by atoms with Crippen molar-refractivity contribution in [1.82, 2.24) is 9.13 Å². The van der Waals surface area contributed by atoms with E-state index in [9.17, 15) is 14.4 Å². The lowest BCUT2D eigenvalue weighted by molar-refractivity contribution is -0.116. The fraction of sp³-hybridized carbons (Fsp3) is 0.500. The molecule has 0 saturated carbocycles. The van der Waals surface area contributed by atoms with Crippen LogP contribution >= 0.6 is 0 Å². The summed E-state index contributed by atoms with van der Waals surface area (Å²) in [6.07, 6.45) is 0. The van der Waals surface area contributed by atoms with Crippen LogP contribution in [0, 0.1) is 0 Å².